The van der Waals surface area contributed by atoms with Gasteiger partial charge in [-0.25, -0.2) is 0 Å². The maximum atomic E-state index is 14.1. The summed E-state index contributed by atoms with van der Waals surface area (Å²) in [5.74, 6) is -3.52. The first kappa shape index (κ1) is 47.6. The number of hydrogen-bond acceptors (Lipinski definition) is 11. The number of unbranched alkanes of at least 4 members (excludes halogenated alkanes) is 2. The smallest absolute Gasteiger partial charge is 0.403 e. The van der Waals surface area contributed by atoms with Gasteiger partial charge in [0.2, 0.25) is 23.6 Å². The second kappa shape index (κ2) is 20.3. The van der Waals surface area contributed by atoms with E-state index < -0.39 is 84.9 Å². The van der Waals surface area contributed by atoms with Crippen molar-refractivity contribution >= 4 is 42.6 Å². The standard InChI is InChI=1S/C45H66BN9O8/c1-5-6-10-26-13-15-27(16-14-26)28-17-19-29(20-18-28)38(57)51-31(11-7-8-21-47)42(61)55-22-9-12-33(55)40(59)53-37(49)41(60)52-32(25-36(48)56)39(58)54-43(50)46-62-35-24-30-23-34(44(30,2)3)45(35,4)63-46/h13-20,30-35,37,43H,5-12,21-25,47,49-50H2,1-4H3,(H2,48,56)(H,51,57)(H,52,60)(H,53,59)(H,54,58)/t30-,31-,32?,33-,34-,35?,37+,43+,45-/m0/s1. The molecule has 2 heterocycles. The van der Waals surface area contributed by atoms with E-state index in [0.717, 1.165) is 43.2 Å². The second-order valence-electron chi connectivity index (χ2n) is 18.5. The Bertz CT molecular complexity index is 1990. The van der Waals surface area contributed by atoms with E-state index in [4.69, 9.17) is 32.2 Å². The minimum absolute atomic E-state index is 0.0912. The SMILES string of the molecule is CCCCc1ccc(-c2ccc(C(=O)N[C@@H](CCCCN)C(=O)N3CCC[C@H]3C(=O)N[C@@H](N)C(=O)NC(CC(N)=O)C(=O)N[C@@H](N)B3OC4C[C@@H]5C[C@@H](C5(C)C)[C@]4(C)O3)cc2)cc1. The quantitative estimate of drug-likeness (QED) is 0.0534. The van der Waals surface area contributed by atoms with Gasteiger partial charge in [-0.05, 0) is 117 Å². The molecule has 2 aliphatic heterocycles. The molecule has 2 saturated heterocycles. The van der Waals surface area contributed by atoms with Crippen LogP contribution in [0.15, 0.2) is 48.5 Å². The average Bonchev–Trinajstić information content (AvgIpc) is 3.90. The number of aryl methyl sites for hydroxylation is 1. The number of nitrogens with one attached hydrogen (secondary N) is 4. The van der Waals surface area contributed by atoms with Crippen molar-refractivity contribution in [3.8, 4) is 11.1 Å². The van der Waals surface area contributed by atoms with Crippen LogP contribution < -0.4 is 44.2 Å². The van der Waals surface area contributed by atoms with Gasteiger partial charge in [-0.1, -0.05) is 63.6 Å². The molecule has 12 N–H and O–H groups in total. The van der Waals surface area contributed by atoms with Crippen molar-refractivity contribution in [2.24, 2.45) is 40.2 Å². The number of primary amides is 1. The first-order chi connectivity index (χ1) is 30.0. The summed E-state index contributed by atoms with van der Waals surface area (Å²) < 4.78 is 12.5. The zero-order valence-corrected chi connectivity index (χ0v) is 37.0. The molecular weight excluding hydrogens is 805 g/mol. The molecule has 0 radical (unpaired) electrons. The van der Waals surface area contributed by atoms with Crippen LogP contribution in [0.5, 0.6) is 0 Å². The van der Waals surface area contributed by atoms with Crippen LogP contribution in [-0.4, -0.2) is 103 Å². The topological polar surface area (TPSA) is 276 Å². The van der Waals surface area contributed by atoms with Crippen molar-refractivity contribution < 1.29 is 38.1 Å². The molecular formula is C45H66BN9O8. The average molecular weight is 872 g/mol. The van der Waals surface area contributed by atoms with E-state index in [-0.39, 0.29) is 30.4 Å². The molecule has 5 aliphatic rings. The number of rotatable bonds is 20. The van der Waals surface area contributed by atoms with Crippen LogP contribution in [-0.2, 0) is 39.7 Å². The lowest BCUT2D eigenvalue weighted by molar-refractivity contribution is -0.199. The molecule has 2 bridgehead atoms. The van der Waals surface area contributed by atoms with Gasteiger partial charge in [0.15, 0.2) is 6.17 Å². The molecule has 18 heteroatoms. The number of carbonyl (C=O) groups is 6. The lowest BCUT2D eigenvalue weighted by Crippen LogP contribution is -2.65. The Balaban J connectivity index is 1.03. The van der Waals surface area contributed by atoms with Gasteiger partial charge in [-0.15, -0.1) is 0 Å². The fourth-order valence-electron chi connectivity index (χ4n) is 9.93. The number of amides is 6. The molecule has 3 aliphatic carbocycles. The molecule has 0 aromatic heterocycles. The summed E-state index contributed by atoms with van der Waals surface area (Å²) >= 11 is 0. The second-order valence-corrected chi connectivity index (χ2v) is 18.5. The van der Waals surface area contributed by atoms with Gasteiger partial charge in [-0.2, -0.15) is 0 Å². The van der Waals surface area contributed by atoms with Crippen LogP contribution in [0.4, 0.5) is 0 Å². The van der Waals surface area contributed by atoms with Crippen LogP contribution >= 0.6 is 0 Å². The molecule has 6 amide bonds. The summed E-state index contributed by atoms with van der Waals surface area (Å²) in [6.45, 7) is 9.26. The number of nitrogens with zero attached hydrogens (tertiary/aromatic N) is 1. The highest BCUT2D eigenvalue weighted by Gasteiger charge is 2.68. The van der Waals surface area contributed by atoms with Crippen molar-refractivity contribution in [1.82, 2.24) is 26.2 Å². The largest absolute Gasteiger partial charge is 0.497 e. The molecule has 63 heavy (non-hydrogen) atoms. The van der Waals surface area contributed by atoms with E-state index in [1.54, 1.807) is 12.1 Å². The van der Waals surface area contributed by atoms with Gasteiger partial charge in [-0.3, -0.25) is 28.8 Å². The summed E-state index contributed by atoms with van der Waals surface area (Å²) in [7, 11) is -0.966. The van der Waals surface area contributed by atoms with Crippen LogP contribution in [0.1, 0.15) is 108 Å². The first-order valence-corrected chi connectivity index (χ1v) is 22.5. The third kappa shape index (κ3) is 10.7. The van der Waals surface area contributed by atoms with E-state index in [1.165, 1.54) is 10.5 Å². The monoisotopic (exact) mass is 872 g/mol. The van der Waals surface area contributed by atoms with E-state index in [9.17, 15) is 28.8 Å². The summed E-state index contributed by atoms with van der Waals surface area (Å²) in [5.41, 5.74) is 26.8. The third-order valence-corrected chi connectivity index (χ3v) is 13.8. The maximum absolute atomic E-state index is 14.1. The number of benzene rings is 2. The van der Waals surface area contributed by atoms with E-state index in [2.05, 4.69) is 66.3 Å². The highest BCUT2D eigenvalue weighted by molar-refractivity contribution is 6.47. The Morgan fingerprint density at radius 1 is 0.857 bits per heavy atom. The Morgan fingerprint density at radius 2 is 1.54 bits per heavy atom. The zero-order chi connectivity index (χ0) is 45.6. The molecule has 7 rings (SSSR count). The van der Waals surface area contributed by atoms with Crippen molar-refractivity contribution in [3.63, 3.8) is 0 Å². The Hall–Kier alpha value is -4.88. The lowest BCUT2D eigenvalue weighted by atomic mass is 9.43. The normalized spacial score (nSPS) is 25.1. The summed E-state index contributed by atoms with van der Waals surface area (Å²) in [6.07, 6.45) is 4.92. The minimum atomic E-state index is -1.67. The molecule has 2 unspecified atom stereocenters. The number of carbonyl (C=O) groups excluding carboxylic acids is 6. The van der Waals surface area contributed by atoms with Crippen molar-refractivity contribution in [2.45, 2.75) is 140 Å². The fraction of sp³-hybridized carbons (Fsp3) is 0.600. The van der Waals surface area contributed by atoms with Crippen LogP contribution in [0.25, 0.3) is 11.1 Å². The van der Waals surface area contributed by atoms with Crippen molar-refractivity contribution in [1.29, 1.82) is 0 Å². The number of hydrogen-bond donors (Lipinski definition) is 8. The minimum Gasteiger partial charge on any atom is -0.403 e. The molecule has 3 saturated carbocycles. The maximum Gasteiger partial charge on any atom is 0.497 e. The highest BCUT2D eigenvalue weighted by Crippen LogP contribution is 2.65. The van der Waals surface area contributed by atoms with Crippen LogP contribution in [0.2, 0.25) is 0 Å². The van der Waals surface area contributed by atoms with Crippen LogP contribution in [0.3, 0.4) is 0 Å². The number of nitrogens with two attached hydrogens (primary N) is 4. The predicted molar refractivity (Wildman–Crippen MR) is 237 cm³/mol. The van der Waals surface area contributed by atoms with Gasteiger partial charge in [0.25, 0.3) is 11.8 Å². The summed E-state index contributed by atoms with van der Waals surface area (Å²) in [5, 5.41) is 10.3. The molecule has 17 nitrogen and oxygen atoms in total. The van der Waals surface area contributed by atoms with Gasteiger partial charge >= 0.3 is 7.12 Å². The molecule has 9 atom stereocenters. The van der Waals surface area contributed by atoms with Gasteiger partial charge in [0, 0.05) is 12.1 Å². The zero-order valence-electron chi connectivity index (χ0n) is 37.0. The molecule has 2 aromatic carbocycles. The van der Waals surface area contributed by atoms with Gasteiger partial charge in [0.1, 0.15) is 24.2 Å². The fourth-order valence-corrected chi connectivity index (χ4v) is 9.93. The van der Waals surface area contributed by atoms with Gasteiger partial charge in [0.05, 0.1) is 18.1 Å². The summed E-state index contributed by atoms with van der Waals surface area (Å²) in [4.78, 5) is 81.4. The predicted octanol–water partition coefficient (Wildman–Crippen LogP) is 1.34. The Labute approximate surface area is 370 Å². The van der Waals surface area contributed by atoms with Gasteiger partial charge < -0.3 is 58.4 Å². The van der Waals surface area contributed by atoms with E-state index >= 15 is 0 Å². The third-order valence-electron chi connectivity index (χ3n) is 13.8. The first-order valence-electron chi connectivity index (χ1n) is 22.5. The molecule has 5 fully saturated rings. The van der Waals surface area contributed by atoms with E-state index in [0.29, 0.717) is 43.7 Å². The van der Waals surface area contributed by atoms with Crippen molar-refractivity contribution in [3.05, 3.63) is 59.7 Å². The molecule has 342 valence electrons. The molecule has 2 aromatic rings. The molecule has 0 spiro atoms. The highest BCUT2D eigenvalue weighted by atomic mass is 16.7. The lowest BCUT2D eigenvalue weighted by Gasteiger charge is -2.64. The number of likely N-dealkylation sites (tertiary alicyclic amines) is 1. The summed E-state index contributed by atoms with van der Waals surface area (Å²) in [6, 6.07) is 11.0. The van der Waals surface area contributed by atoms with Crippen LogP contribution in [0, 0.1) is 17.3 Å². The Kier molecular flexibility index (Phi) is 15.3. The Morgan fingerprint density at radius 3 is 2.17 bits per heavy atom. The van der Waals surface area contributed by atoms with Crippen molar-refractivity contribution in [2.75, 3.05) is 13.1 Å². The van der Waals surface area contributed by atoms with E-state index in [1.807, 2.05) is 19.1 Å².